The minimum Gasteiger partial charge on any atom is -0.452 e. The van der Waals surface area contributed by atoms with Crippen molar-refractivity contribution in [2.45, 2.75) is 69.4 Å². The summed E-state index contributed by atoms with van der Waals surface area (Å²) in [5, 5.41) is 0. The van der Waals surface area contributed by atoms with E-state index in [1.807, 2.05) is 13.8 Å². The molecule has 2 aliphatic heterocycles. The molecule has 2 heterocycles. The Hall–Kier alpha value is -1.93. The van der Waals surface area contributed by atoms with Gasteiger partial charge in [0, 0.05) is 25.2 Å². The van der Waals surface area contributed by atoms with Crippen molar-refractivity contribution < 1.29 is 22.7 Å². The number of amides is 1. The normalized spacial score (nSPS) is 23.6. The molecule has 0 aromatic heterocycles. The molecule has 0 unspecified atom stereocenters. The van der Waals surface area contributed by atoms with Crippen LogP contribution in [0.2, 0.25) is 0 Å². The molecule has 0 N–H and O–H groups in total. The number of hydrogen-bond acceptors (Lipinski definition) is 5. The first-order chi connectivity index (χ1) is 13.8. The minimum absolute atomic E-state index is 0.0263. The van der Waals surface area contributed by atoms with Crippen molar-refractivity contribution >= 4 is 21.9 Å². The van der Waals surface area contributed by atoms with Crippen LogP contribution in [0.4, 0.5) is 0 Å². The van der Waals surface area contributed by atoms with Gasteiger partial charge in [-0.25, -0.2) is 13.2 Å². The molecule has 29 heavy (non-hydrogen) atoms. The van der Waals surface area contributed by atoms with E-state index in [-0.39, 0.29) is 35.1 Å². The van der Waals surface area contributed by atoms with Crippen LogP contribution in [0.5, 0.6) is 0 Å². The maximum atomic E-state index is 12.9. The molecule has 8 heteroatoms. The number of hydrogen-bond donors (Lipinski definition) is 0. The van der Waals surface area contributed by atoms with Crippen LogP contribution in [-0.4, -0.2) is 61.3 Å². The summed E-state index contributed by atoms with van der Waals surface area (Å²) in [4.78, 5) is 26.5. The smallest absolute Gasteiger partial charge is 0.338 e. The number of carbonyl (C=O) groups is 2. The summed E-state index contributed by atoms with van der Waals surface area (Å²) in [6.07, 6.45) is 5.79. The van der Waals surface area contributed by atoms with Gasteiger partial charge in [-0.15, -0.1) is 0 Å². The number of piperidine rings is 2. The van der Waals surface area contributed by atoms with Crippen molar-refractivity contribution in [2.75, 3.05) is 19.7 Å². The third kappa shape index (κ3) is 4.98. The lowest BCUT2D eigenvalue weighted by Gasteiger charge is -2.33. The van der Waals surface area contributed by atoms with Crippen molar-refractivity contribution in [3.05, 3.63) is 29.8 Å². The van der Waals surface area contributed by atoms with Gasteiger partial charge >= 0.3 is 5.97 Å². The monoisotopic (exact) mass is 422 g/mol. The quantitative estimate of drug-likeness (QED) is 0.682. The maximum Gasteiger partial charge on any atom is 0.338 e. The SMILES string of the molecule is C[C@H]1CCCCN1C(=O)COC(=O)c1ccc(S(=O)(=O)N2CCCC[C@@H]2C)cc1. The Bertz CT molecular complexity index is 837. The van der Waals surface area contributed by atoms with Crippen molar-refractivity contribution in [1.82, 2.24) is 9.21 Å². The van der Waals surface area contributed by atoms with Gasteiger partial charge in [0.15, 0.2) is 6.61 Å². The van der Waals surface area contributed by atoms with Crippen LogP contribution in [-0.2, 0) is 19.6 Å². The minimum atomic E-state index is -3.58. The molecule has 2 saturated heterocycles. The molecule has 0 radical (unpaired) electrons. The number of nitrogens with zero attached hydrogens (tertiary/aromatic N) is 2. The largest absolute Gasteiger partial charge is 0.452 e. The third-order valence-electron chi connectivity index (χ3n) is 5.89. The number of rotatable bonds is 5. The van der Waals surface area contributed by atoms with Gasteiger partial charge in [0.25, 0.3) is 5.91 Å². The average molecular weight is 423 g/mol. The fourth-order valence-corrected chi connectivity index (χ4v) is 5.79. The van der Waals surface area contributed by atoms with Crippen molar-refractivity contribution in [3.63, 3.8) is 0 Å². The number of carbonyl (C=O) groups excluding carboxylic acids is 2. The van der Waals surface area contributed by atoms with Crippen molar-refractivity contribution in [3.8, 4) is 0 Å². The lowest BCUT2D eigenvalue weighted by Crippen LogP contribution is -2.44. The van der Waals surface area contributed by atoms with Gasteiger partial charge in [-0.2, -0.15) is 4.31 Å². The summed E-state index contributed by atoms with van der Waals surface area (Å²) in [6, 6.07) is 5.89. The highest BCUT2D eigenvalue weighted by atomic mass is 32.2. The van der Waals surface area contributed by atoms with E-state index in [2.05, 4.69) is 0 Å². The van der Waals surface area contributed by atoms with Gasteiger partial charge in [-0.1, -0.05) is 6.42 Å². The van der Waals surface area contributed by atoms with E-state index in [9.17, 15) is 18.0 Å². The van der Waals surface area contributed by atoms with Crippen LogP contribution in [0.25, 0.3) is 0 Å². The van der Waals surface area contributed by atoms with Gasteiger partial charge in [0.2, 0.25) is 10.0 Å². The molecule has 2 fully saturated rings. The zero-order valence-corrected chi connectivity index (χ0v) is 18.0. The Morgan fingerprint density at radius 1 is 0.966 bits per heavy atom. The van der Waals surface area contributed by atoms with Crippen LogP contribution < -0.4 is 0 Å². The molecule has 160 valence electrons. The van der Waals surface area contributed by atoms with Gasteiger partial charge in [0.05, 0.1) is 10.5 Å². The van der Waals surface area contributed by atoms with Gasteiger partial charge in [0.1, 0.15) is 0 Å². The van der Waals surface area contributed by atoms with Crippen LogP contribution in [0, 0.1) is 0 Å². The van der Waals surface area contributed by atoms with Gasteiger partial charge < -0.3 is 9.64 Å². The summed E-state index contributed by atoms with van der Waals surface area (Å²) in [6.45, 7) is 4.84. The molecule has 2 atom stereocenters. The Morgan fingerprint density at radius 2 is 1.59 bits per heavy atom. The molecule has 0 bridgehead atoms. The zero-order valence-electron chi connectivity index (χ0n) is 17.2. The molecular weight excluding hydrogens is 392 g/mol. The van der Waals surface area contributed by atoms with Crippen molar-refractivity contribution in [1.29, 1.82) is 0 Å². The molecular formula is C21H30N2O5S. The molecule has 1 amide bonds. The van der Waals surface area contributed by atoms with Crippen molar-refractivity contribution in [2.24, 2.45) is 0 Å². The summed E-state index contributed by atoms with van der Waals surface area (Å²) in [7, 11) is -3.58. The van der Waals surface area contributed by atoms with E-state index in [4.69, 9.17) is 4.74 Å². The molecule has 1 aromatic rings. The van der Waals surface area contributed by atoms with Crippen LogP contribution in [0.1, 0.15) is 62.7 Å². The second kappa shape index (κ2) is 9.26. The predicted molar refractivity (Wildman–Crippen MR) is 109 cm³/mol. The van der Waals surface area contributed by atoms with E-state index < -0.39 is 16.0 Å². The van der Waals surface area contributed by atoms with Gasteiger partial charge in [-0.3, -0.25) is 4.79 Å². The lowest BCUT2D eigenvalue weighted by atomic mass is 10.0. The number of sulfonamides is 1. The number of benzene rings is 1. The molecule has 0 aliphatic carbocycles. The molecule has 7 nitrogen and oxygen atoms in total. The van der Waals surface area contributed by atoms with E-state index in [0.29, 0.717) is 13.1 Å². The van der Waals surface area contributed by atoms with Crippen LogP contribution >= 0.6 is 0 Å². The first kappa shape index (κ1) is 21.8. The summed E-state index contributed by atoms with van der Waals surface area (Å²) in [5.74, 6) is -0.817. The summed E-state index contributed by atoms with van der Waals surface area (Å²) in [5.41, 5.74) is 0.232. The molecule has 0 saturated carbocycles. The van der Waals surface area contributed by atoms with Gasteiger partial charge in [-0.05, 0) is 70.2 Å². The first-order valence-corrected chi connectivity index (χ1v) is 11.8. The van der Waals surface area contributed by atoms with Crippen LogP contribution in [0.15, 0.2) is 29.2 Å². The second-order valence-corrected chi connectivity index (χ2v) is 9.88. The Morgan fingerprint density at radius 3 is 2.21 bits per heavy atom. The number of esters is 1. The fraction of sp³-hybridized carbons (Fsp3) is 0.619. The number of ether oxygens (including phenoxy) is 1. The molecule has 2 aliphatic rings. The lowest BCUT2D eigenvalue weighted by molar-refractivity contribution is -0.137. The maximum absolute atomic E-state index is 12.9. The van der Waals surface area contributed by atoms with Crippen LogP contribution in [0.3, 0.4) is 0 Å². The summed E-state index contributed by atoms with van der Waals surface area (Å²) >= 11 is 0. The predicted octanol–water partition coefficient (Wildman–Crippen LogP) is 2.81. The average Bonchev–Trinajstić information content (AvgIpc) is 2.72. The highest BCUT2D eigenvalue weighted by Gasteiger charge is 2.31. The third-order valence-corrected chi connectivity index (χ3v) is 7.92. The Balaban J connectivity index is 1.60. The molecule has 3 rings (SSSR count). The van der Waals surface area contributed by atoms with E-state index in [1.165, 1.54) is 28.6 Å². The second-order valence-electron chi connectivity index (χ2n) is 7.99. The standard InChI is InChI=1S/C21H30N2O5S/c1-16-7-3-5-13-22(16)20(24)15-28-21(25)18-9-11-19(12-10-18)29(26,27)23-14-6-4-8-17(23)2/h9-12,16-17H,3-8,13-15H2,1-2H3/t16-,17-/m0/s1. The fourth-order valence-electron chi connectivity index (χ4n) is 4.09. The Kier molecular flexibility index (Phi) is 6.95. The first-order valence-electron chi connectivity index (χ1n) is 10.4. The summed E-state index contributed by atoms with van der Waals surface area (Å²) < 4.78 is 32.4. The van der Waals surface area contributed by atoms with E-state index >= 15 is 0 Å². The van der Waals surface area contributed by atoms with E-state index in [0.717, 1.165) is 38.5 Å². The van der Waals surface area contributed by atoms with E-state index in [1.54, 1.807) is 4.90 Å². The zero-order chi connectivity index (χ0) is 21.0. The topological polar surface area (TPSA) is 84.0 Å². The highest BCUT2D eigenvalue weighted by molar-refractivity contribution is 7.89. The highest BCUT2D eigenvalue weighted by Crippen LogP contribution is 2.25. The number of likely N-dealkylation sites (tertiary alicyclic amines) is 1. The molecule has 0 spiro atoms. The molecule has 1 aromatic carbocycles. The Labute approximate surface area is 173 Å².